The van der Waals surface area contributed by atoms with E-state index in [1.165, 1.54) is 0 Å². The lowest BCUT2D eigenvalue weighted by Gasteiger charge is -2.05. The van der Waals surface area contributed by atoms with Gasteiger partial charge in [0.1, 0.15) is 11.5 Å². The zero-order valence-corrected chi connectivity index (χ0v) is 14.3. The van der Waals surface area contributed by atoms with Gasteiger partial charge < -0.3 is 19.8 Å². The number of aryl methyl sites for hydroxylation is 1. The first-order valence-corrected chi connectivity index (χ1v) is 8.22. The van der Waals surface area contributed by atoms with Crippen LogP contribution < -0.4 is 15.4 Å². The van der Waals surface area contributed by atoms with Gasteiger partial charge in [0, 0.05) is 11.6 Å². The summed E-state index contributed by atoms with van der Waals surface area (Å²) in [7, 11) is 1.59. The van der Waals surface area contributed by atoms with Crippen molar-refractivity contribution in [3.05, 3.63) is 35.7 Å². The Bertz CT molecular complexity index is 780. The Hall–Kier alpha value is -2.83. The quantitative estimate of drug-likeness (QED) is 0.796. The molecule has 0 unspecified atom stereocenters. The van der Waals surface area contributed by atoms with E-state index in [-0.39, 0.29) is 30.8 Å². The number of ether oxygens (including phenoxy) is 1. The van der Waals surface area contributed by atoms with Crippen molar-refractivity contribution in [2.45, 2.75) is 32.2 Å². The summed E-state index contributed by atoms with van der Waals surface area (Å²) in [5.74, 6) is 1.29. The molecule has 0 aliphatic heterocycles. The van der Waals surface area contributed by atoms with Crippen molar-refractivity contribution in [1.29, 1.82) is 0 Å². The molecule has 2 amide bonds. The van der Waals surface area contributed by atoms with Crippen LogP contribution in [0.3, 0.4) is 0 Å². The average molecular weight is 343 g/mol. The van der Waals surface area contributed by atoms with Crippen LogP contribution in [-0.2, 0) is 16.0 Å². The minimum Gasteiger partial charge on any atom is -0.497 e. The van der Waals surface area contributed by atoms with E-state index in [9.17, 15) is 9.59 Å². The molecule has 1 heterocycles. The molecule has 0 atom stereocenters. The number of carbonyl (C=O) groups excluding carboxylic acids is 2. The highest BCUT2D eigenvalue weighted by molar-refractivity contribution is 5.85. The highest BCUT2D eigenvalue weighted by Gasteiger charge is 2.23. The first kappa shape index (κ1) is 17.0. The Kier molecular flexibility index (Phi) is 5.02. The molecule has 7 heteroatoms. The zero-order chi connectivity index (χ0) is 17.8. The van der Waals surface area contributed by atoms with E-state index in [1.807, 2.05) is 24.3 Å². The van der Waals surface area contributed by atoms with Crippen LogP contribution >= 0.6 is 0 Å². The number of carbonyl (C=O) groups is 2. The number of methoxy groups -OCH3 is 1. The molecule has 1 aromatic carbocycles. The van der Waals surface area contributed by atoms with Gasteiger partial charge >= 0.3 is 0 Å². The summed E-state index contributed by atoms with van der Waals surface area (Å²) in [5.41, 5.74) is 1.33. The van der Waals surface area contributed by atoms with Gasteiger partial charge in [0.15, 0.2) is 0 Å². The van der Waals surface area contributed by atoms with Gasteiger partial charge in [-0.3, -0.25) is 9.59 Å². The number of nitrogens with zero attached hydrogens (tertiary/aromatic N) is 1. The van der Waals surface area contributed by atoms with Crippen molar-refractivity contribution < 1.29 is 18.7 Å². The van der Waals surface area contributed by atoms with Crippen molar-refractivity contribution in [1.82, 2.24) is 15.6 Å². The van der Waals surface area contributed by atoms with Crippen molar-refractivity contribution in [2.24, 2.45) is 0 Å². The first-order chi connectivity index (χ1) is 12.0. The molecular weight excluding hydrogens is 322 g/mol. The smallest absolute Gasteiger partial charge is 0.239 e. The van der Waals surface area contributed by atoms with Crippen molar-refractivity contribution in [2.75, 3.05) is 13.7 Å². The fraction of sp³-hybridized carbons (Fsp3) is 0.389. The molecule has 2 aromatic rings. The van der Waals surface area contributed by atoms with E-state index in [0.717, 1.165) is 18.4 Å². The van der Waals surface area contributed by atoms with Gasteiger partial charge in [-0.05, 0) is 38.0 Å². The van der Waals surface area contributed by atoms with E-state index in [2.05, 4.69) is 15.6 Å². The number of amides is 2. The monoisotopic (exact) mass is 343 g/mol. The Balaban J connectivity index is 1.59. The minimum absolute atomic E-state index is 0.0189. The second kappa shape index (κ2) is 7.38. The van der Waals surface area contributed by atoms with Crippen LogP contribution in [0.5, 0.6) is 5.75 Å². The van der Waals surface area contributed by atoms with Gasteiger partial charge in [0.05, 0.1) is 25.8 Å². The van der Waals surface area contributed by atoms with Gasteiger partial charge in [0.2, 0.25) is 17.7 Å². The number of hydrogen-bond acceptors (Lipinski definition) is 5. The molecule has 1 aliphatic rings. The summed E-state index contributed by atoms with van der Waals surface area (Å²) in [4.78, 5) is 28.0. The van der Waals surface area contributed by atoms with Gasteiger partial charge in [-0.15, -0.1) is 0 Å². The predicted molar refractivity (Wildman–Crippen MR) is 91.1 cm³/mol. The van der Waals surface area contributed by atoms with Crippen molar-refractivity contribution >= 4 is 11.8 Å². The molecule has 0 bridgehead atoms. The second-order valence-electron chi connectivity index (χ2n) is 6.05. The number of rotatable bonds is 7. The van der Waals surface area contributed by atoms with Crippen LogP contribution in [0, 0.1) is 6.92 Å². The summed E-state index contributed by atoms with van der Waals surface area (Å²) in [6.45, 7) is 1.74. The molecule has 0 radical (unpaired) electrons. The standard InChI is InChI=1S/C18H21N3O4/c1-11-15(9-16(22)19-10-17(23)20-13-6-7-13)21-18(25-11)12-4-3-5-14(8-12)24-2/h3-5,8,13H,6-7,9-10H2,1-2H3,(H,19,22)(H,20,23). The van der Waals surface area contributed by atoms with Crippen LogP contribution in [-0.4, -0.2) is 36.5 Å². The molecule has 3 rings (SSSR count). The molecular formula is C18H21N3O4. The molecule has 0 spiro atoms. The molecule has 0 saturated heterocycles. The number of nitrogens with one attached hydrogen (secondary N) is 2. The maximum atomic E-state index is 12.0. The number of benzene rings is 1. The largest absolute Gasteiger partial charge is 0.497 e. The van der Waals surface area contributed by atoms with E-state index in [0.29, 0.717) is 23.1 Å². The zero-order valence-electron chi connectivity index (χ0n) is 14.3. The molecule has 25 heavy (non-hydrogen) atoms. The van der Waals surface area contributed by atoms with Gasteiger partial charge in [-0.2, -0.15) is 0 Å². The molecule has 2 N–H and O–H groups in total. The SMILES string of the molecule is COc1cccc(-c2nc(CC(=O)NCC(=O)NC3CC3)c(C)o2)c1. The fourth-order valence-corrected chi connectivity index (χ4v) is 2.37. The highest BCUT2D eigenvalue weighted by Crippen LogP contribution is 2.25. The summed E-state index contributed by atoms with van der Waals surface area (Å²) in [5, 5.41) is 5.43. The maximum absolute atomic E-state index is 12.0. The third-order valence-electron chi connectivity index (χ3n) is 3.93. The number of oxazole rings is 1. The van der Waals surface area contributed by atoms with Crippen LogP contribution in [0.4, 0.5) is 0 Å². The fourth-order valence-electron chi connectivity index (χ4n) is 2.37. The normalized spacial score (nSPS) is 13.4. The Morgan fingerprint density at radius 2 is 2.12 bits per heavy atom. The van der Waals surface area contributed by atoms with Gasteiger partial charge in [-0.1, -0.05) is 6.07 Å². The molecule has 1 saturated carbocycles. The van der Waals surface area contributed by atoms with Crippen LogP contribution in [0.1, 0.15) is 24.3 Å². The Labute approximate surface area is 145 Å². The van der Waals surface area contributed by atoms with Gasteiger partial charge in [0.25, 0.3) is 0 Å². The molecule has 1 fully saturated rings. The summed E-state index contributed by atoms with van der Waals surface area (Å²) >= 11 is 0. The summed E-state index contributed by atoms with van der Waals surface area (Å²) < 4.78 is 10.9. The second-order valence-corrected chi connectivity index (χ2v) is 6.05. The lowest BCUT2D eigenvalue weighted by Crippen LogP contribution is -2.38. The lowest BCUT2D eigenvalue weighted by atomic mass is 10.2. The summed E-state index contributed by atoms with van der Waals surface area (Å²) in [6.07, 6.45) is 2.10. The minimum atomic E-state index is -0.264. The van der Waals surface area contributed by atoms with Crippen molar-refractivity contribution in [3.63, 3.8) is 0 Å². The molecule has 7 nitrogen and oxygen atoms in total. The average Bonchev–Trinajstić information content (AvgIpc) is 3.35. The predicted octanol–water partition coefficient (Wildman–Crippen LogP) is 1.60. The van der Waals surface area contributed by atoms with E-state index in [4.69, 9.17) is 9.15 Å². The molecule has 132 valence electrons. The third kappa shape index (κ3) is 4.59. The molecule has 1 aliphatic carbocycles. The van der Waals surface area contributed by atoms with Crippen molar-refractivity contribution in [3.8, 4) is 17.2 Å². The van der Waals surface area contributed by atoms with E-state index < -0.39 is 0 Å². The molecule has 1 aromatic heterocycles. The Morgan fingerprint density at radius 1 is 1.32 bits per heavy atom. The topological polar surface area (TPSA) is 93.5 Å². The van der Waals surface area contributed by atoms with E-state index >= 15 is 0 Å². The summed E-state index contributed by atoms with van der Waals surface area (Å²) in [6, 6.07) is 7.64. The maximum Gasteiger partial charge on any atom is 0.239 e. The van der Waals surface area contributed by atoms with Crippen LogP contribution in [0.25, 0.3) is 11.5 Å². The first-order valence-electron chi connectivity index (χ1n) is 8.22. The van der Waals surface area contributed by atoms with Crippen LogP contribution in [0.2, 0.25) is 0 Å². The highest BCUT2D eigenvalue weighted by atomic mass is 16.5. The number of aromatic nitrogens is 1. The Morgan fingerprint density at radius 3 is 2.84 bits per heavy atom. The number of hydrogen-bond donors (Lipinski definition) is 2. The van der Waals surface area contributed by atoms with Crippen LogP contribution in [0.15, 0.2) is 28.7 Å². The van der Waals surface area contributed by atoms with Gasteiger partial charge in [-0.25, -0.2) is 4.98 Å². The third-order valence-corrected chi connectivity index (χ3v) is 3.93. The lowest BCUT2D eigenvalue weighted by molar-refractivity contribution is -0.125. The van der Waals surface area contributed by atoms with E-state index in [1.54, 1.807) is 14.0 Å².